The van der Waals surface area contributed by atoms with E-state index in [1.807, 2.05) is 0 Å². The van der Waals surface area contributed by atoms with Crippen LogP contribution in [0, 0.1) is 0 Å². The second-order valence-corrected chi connectivity index (χ2v) is 4.24. The van der Waals surface area contributed by atoms with Gasteiger partial charge >= 0.3 is 0 Å². The molecule has 0 fully saturated rings. The molecule has 2 aromatic rings. The van der Waals surface area contributed by atoms with Gasteiger partial charge in [0.1, 0.15) is 0 Å². The molecular formula is C15H10. The summed E-state index contributed by atoms with van der Waals surface area (Å²) in [4.78, 5) is 0. The highest BCUT2D eigenvalue weighted by atomic mass is 14.2. The third-order valence-electron chi connectivity index (χ3n) is 3.44. The Labute approximate surface area is 88.5 Å². The van der Waals surface area contributed by atoms with Crippen LogP contribution < -0.4 is 0 Å². The Morgan fingerprint density at radius 2 is 1.93 bits per heavy atom. The fourth-order valence-electron chi connectivity index (χ4n) is 2.74. The Kier molecular flexibility index (Phi) is 1.20. The number of hydrogen-bond acceptors (Lipinski definition) is 0. The average Bonchev–Trinajstić information content (AvgIpc) is 2.71. The first-order chi connectivity index (χ1) is 7.43. The lowest BCUT2D eigenvalue weighted by Gasteiger charge is -2.15. The van der Waals surface area contributed by atoms with Crippen LogP contribution in [-0.2, 0) is 6.42 Å². The maximum atomic E-state index is 2.34. The second-order valence-electron chi connectivity index (χ2n) is 4.24. The number of benzene rings is 2. The Balaban J connectivity index is 2.32. The van der Waals surface area contributed by atoms with Gasteiger partial charge < -0.3 is 0 Å². The molecule has 0 saturated carbocycles. The highest BCUT2D eigenvalue weighted by molar-refractivity contribution is 6.06. The first-order valence-electron chi connectivity index (χ1n) is 5.37. The van der Waals surface area contributed by atoms with Gasteiger partial charge in [0.05, 0.1) is 0 Å². The van der Waals surface area contributed by atoms with Gasteiger partial charge in [0.2, 0.25) is 0 Å². The molecule has 0 aromatic heterocycles. The minimum atomic E-state index is 1.08. The Morgan fingerprint density at radius 3 is 2.93 bits per heavy atom. The molecule has 0 unspecified atom stereocenters. The van der Waals surface area contributed by atoms with Crippen LogP contribution in [0.5, 0.6) is 0 Å². The molecule has 0 radical (unpaired) electrons. The van der Waals surface area contributed by atoms with Crippen molar-refractivity contribution in [2.75, 3.05) is 0 Å². The molecule has 0 bridgehead atoms. The van der Waals surface area contributed by atoms with Gasteiger partial charge in [-0.1, -0.05) is 48.6 Å². The van der Waals surface area contributed by atoms with Crippen molar-refractivity contribution >= 4 is 22.4 Å². The fraction of sp³-hybridized carbons (Fsp3) is 0.0667. The van der Waals surface area contributed by atoms with Crippen LogP contribution in [0.1, 0.15) is 16.7 Å². The first-order valence-corrected chi connectivity index (χ1v) is 5.37. The van der Waals surface area contributed by atoms with E-state index in [1.165, 1.54) is 33.0 Å². The molecule has 15 heavy (non-hydrogen) atoms. The zero-order chi connectivity index (χ0) is 9.83. The maximum absolute atomic E-state index is 2.34. The maximum Gasteiger partial charge on any atom is -0.00330 e. The van der Waals surface area contributed by atoms with Crippen LogP contribution in [0.2, 0.25) is 0 Å². The lowest BCUT2D eigenvalue weighted by molar-refractivity contribution is 1.28. The molecule has 0 N–H and O–H groups in total. The Morgan fingerprint density at radius 1 is 0.933 bits per heavy atom. The van der Waals surface area contributed by atoms with Gasteiger partial charge in [-0.2, -0.15) is 0 Å². The van der Waals surface area contributed by atoms with Gasteiger partial charge in [-0.05, 0) is 39.5 Å². The van der Waals surface area contributed by atoms with Crippen molar-refractivity contribution in [1.29, 1.82) is 0 Å². The van der Waals surface area contributed by atoms with Crippen molar-refractivity contribution in [2.24, 2.45) is 0 Å². The normalized spacial score (nSPS) is 15.9. The van der Waals surface area contributed by atoms with E-state index in [0.29, 0.717) is 0 Å². The molecule has 4 rings (SSSR count). The predicted octanol–water partition coefficient (Wildman–Crippen LogP) is 3.81. The summed E-state index contributed by atoms with van der Waals surface area (Å²) >= 11 is 0. The molecule has 0 spiro atoms. The molecular weight excluding hydrogens is 180 g/mol. The molecule has 0 nitrogen and oxygen atoms in total. The van der Waals surface area contributed by atoms with Crippen LogP contribution >= 0.6 is 0 Å². The summed E-state index contributed by atoms with van der Waals surface area (Å²) in [5.74, 6) is 0. The molecule has 0 atom stereocenters. The van der Waals surface area contributed by atoms with Gasteiger partial charge in [-0.25, -0.2) is 0 Å². The van der Waals surface area contributed by atoms with E-state index < -0.39 is 0 Å². The molecule has 2 aliphatic rings. The van der Waals surface area contributed by atoms with Gasteiger partial charge in [0.25, 0.3) is 0 Å². The largest absolute Gasteiger partial charge is 0.0722 e. The van der Waals surface area contributed by atoms with E-state index in [1.54, 1.807) is 0 Å². The average molecular weight is 190 g/mol. The molecule has 0 saturated heterocycles. The monoisotopic (exact) mass is 190 g/mol. The SMILES string of the molecule is C1=Cc2ccc3cccc4c3c2C1=CC4. The predicted molar refractivity (Wildman–Crippen MR) is 64.7 cm³/mol. The van der Waals surface area contributed by atoms with E-state index in [0.717, 1.165) is 6.42 Å². The Bertz CT molecular complexity index is 642. The number of rotatable bonds is 0. The zero-order valence-corrected chi connectivity index (χ0v) is 8.33. The first kappa shape index (κ1) is 7.47. The van der Waals surface area contributed by atoms with Crippen molar-refractivity contribution in [3.05, 3.63) is 59.2 Å². The molecule has 0 heteroatoms. The van der Waals surface area contributed by atoms with E-state index in [-0.39, 0.29) is 0 Å². The molecule has 0 amide bonds. The van der Waals surface area contributed by atoms with Crippen molar-refractivity contribution in [3.8, 4) is 0 Å². The minimum absolute atomic E-state index is 1.08. The fourth-order valence-corrected chi connectivity index (χ4v) is 2.74. The number of hydrogen-bond donors (Lipinski definition) is 0. The van der Waals surface area contributed by atoms with Gasteiger partial charge in [0.15, 0.2) is 0 Å². The summed E-state index contributed by atoms with van der Waals surface area (Å²) in [7, 11) is 0. The smallest absolute Gasteiger partial charge is 0.00330 e. The van der Waals surface area contributed by atoms with Crippen LogP contribution in [0.25, 0.3) is 22.4 Å². The Hall–Kier alpha value is -1.82. The van der Waals surface area contributed by atoms with Crippen LogP contribution in [0.3, 0.4) is 0 Å². The summed E-state index contributed by atoms with van der Waals surface area (Å²) in [5, 5.41) is 2.85. The lowest BCUT2D eigenvalue weighted by atomic mass is 9.88. The molecule has 2 aromatic carbocycles. The summed E-state index contributed by atoms with van der Waals surface area (Å²) in [6, 6.07) is 11.1. The van der Waals surface area contributed by atoms with Crippen LogP contribution in [0.15, 0.2) is 42.5 Å². The zero-order valence-electron chi connectivity index (χ0n) is 8.33. The summed E-state index contributed by atoms with van der Waals surface area (Å²) in [6.07, 6.45) is 7.88. The molecule has 0 heterocycles. The second kappa shape index (κ2) is 2.40. The van der Waals surface area contributed by atoms with E-state index in [2.05, 4.69) is 48.6 Å². The van der Waals surface area contributed by atoms with Crippen LogP contribution in [0.4, 0.5) is 0 Å². The van der Waals surface area contributed by atoms with Crippen molar-refractivity contribution in [2.45, 2.75) is 6.42 Å². The highest BCUT2D eigenvalue weighted by Crippen LogP contribution is 2.40. The minimum Gasteiger partial charge on any atom is -0.0722 e. The van der Waals surface area contributed by atoms with Crippen LogP contribution in [-0.4, -0.2) is 0 Å². The van der Waals surface area contributed by atoms with Crippen molar-refractivity contribution in [1.82, 2.24) is 0 Å². The van der Waals surface area contributed by atoms with E-state index in [9.17, 15) is 0 Å². The molecule has 2 aliphatic carbocycles. The standard InChI is InChI=1S/C15H10/c1-2-10-4-6-12-8-9-13-7-5-11(3-1)14(10)15(12)13/h1-4,6-9H,5H2. The summed E-state index contributed by atoms with van der Waals surface area (Å²) in [6.45, 7) is 0. The summed E-state index contributed by atoms with van der Waals surface area (Å²) in [5.41, 5.74) is 5.71. The number of allylic oxidation sites excluding steroid dienone is 3. The quantitative estimate of drug-likeness (QED) is 0.592. The van der Waals surface area contributed by atoms with E-state index in [4.69, 9.17) is 0 Å². The molecule has 70 valence electrons. The lowest BCUT2D eigenvalue weighted by Crippen LogP contribution is -1.96. The van der Waals surface area contributed by atoms with Gasteiger partial charge in [-0.15, -0.1) is 0 Å². The third-order valence-corrected chi connectivity index (χ3v) is 3.44. The van der Waals surface area contributed by atoms with Crippen molar-refractivity contribution in [3.63, 3.8) is 0 Å². The van der Waals surface area contributed by atoms with E-state index >= 15 is 0 Å². The third kappa shape index (κ3) is 0.822. The summed E-state index contributed by atoms with van der Waals surface area (Å²) < 4.78 is 0. The molecule has 0 aliphatic heterocycles. The van der Waals surface area contributed by atoms with Gasteiger partial charge in [-0.3, -0.25) is 0 Å². The highest BCUT2D eigenvalue weighted by Gasteiger charge is 2.18. The topological polar surface area (TPSA) is 0 Å². The van der Waals surface area contributed by atoms with Gasteiger partial charge in [0, 0.05) is 0 Å². The van der Waals surface area contributed by atoms with Crippen molar-refractivity contribution < 1.29 is 0 Å².